The zero-order chi connectivity index (χ0) is 37.5. The van der Waals surface area contributed by atoms with E-state index in [0.717, 1.165) is 85.1 Å². The quantitative estimate of drug-likeness (QED) is 0.148. The minimum atomic E-state index is -1.73. The second-order valence-electron chi connectivity index (χ2n) is 16.9. The lowest BCUT2D eigenvalue weighted by atomic mass is 10.1. The van der Waals surface area contributed by atoms with Crippen LogP contribution in [0.15, 0.2) is 121 Å². The number of hydrogen-bond donors (Lipinski definition) is 1. The summed E-state index contributed by atoms with van der Waals surface area (Å²) in [5.41, 5.74) is 5.50. The topological polar surface area (TPSA) is 42.4 Å². The van der Waals surface area contributed by atoms with E-state index in [9.17, 15) is 5.11 Å². The van der Waals surface area contributed by atoms with Crippen molar-refractivity contribution in [1.29, 1.82) is 0 Å². The Labute approximate surface area is 322 Å². The van der Waals surface area contributed by atoms with E-state index < -0.39 is 8.32 Å². The zero-order valence-corrected chi connectivity index (χ0v) is 34.2. The maximum atomic E-state index is 9.73. The number of aliphatic hydroxyl groups is 1. The largest absolute Gasteiger partial charge is 0.416 e. The highest BCUT2D eigenvalue weighted by Crippen LogP contribution is 2.37. The molecule has 0 aliphatic carbocycles. The molecule has 1 N–H and O–H groups in total. The molecule has 2 fully saturated rings. The lowest BCUT2D eigenvalue weighted by Gasteiger charge is -2.38. The van der Waals surface area contributed by atoms with Crippen molar-refractivity contribution in [3.05, 3.63) is 144 Å². The fourth-order valence-corrected chi connectivity index (χ4v) is 8.30. The van der Waals surface area contributed by atoms with Crippen LogP contribution < -0.4 is 0 Å². The first-order valence-electron chi connectivity index (χ1n) is 19.9. The van der Waals surface area contributed by atoms with Gasteiger partial charge in [-0.05, 0) is 40.4 Å². The molecule has 0 spiro atoms. The van der Waals surface area contributed by atoms with Crippen LogP contribution >= 0.6 is 0 Å². The van der Waals surface area contributed by atoms with E-state index in [-0.39, 0.29) is 11.6 Å². The Balaban J connectivity index is 0.000000211. The van der Waals surface area contributed by atoms with Crippen molar-refractivity contribution >= 4 is 8.32 Å². The van der Waals surface area contributed by atoms with E-state index in [2.05, 4.69) is 175 Å². The van der Waals surface area contributed by atoms with Crippen molar-refractivity contribution in [2.24, 2.45) is 11.8 Å². The van der Waals surface area contributed by atoms with Gasteiger partial charge in [-0.3, -0.25) is 19.6 Å². The van der Waals surface area contributed by atoms with Gasteiger partial charge in [0.1, 0.15) is 0 Å². The summed E-state index contributed by atoms with van der Waals surface area (Å²) in [7, 11) is -1.73. The van der Waals surface area contributed by atoms with Crippen molar-refractivity contribution in [3.63, 3.8) is 0 Å². The van der Waals surface area contributed by atoms with Crippen molar-refractivity contribution in [3.8, 4) is 0 Å². The molecular formula is C46H66N4O2Si. The average Bonchev–Trinajstić information content (AvgIpc) is 3.47. The molecule has 0 aromatic heterocycles. The molecule has 2 heterocycles. The minimum absolute atomic E-state index is 0.255. The van der Waals surface area contributed by atoms with E-state index in [1.807, 2.05) is 0 Å². The van der Waals surface area contributed by atoms with Gasteiger partial charge in [0.25, 0.3) is 0 Å². The van der Waals surface area contributed by atoms with Crippen LogP contribution in [0.25, 0.3) is 0 Å². The first-order valence-corrected chi connectivity index (χ1v) is 22.8. The fourth-order valence-electron chi connectivity index (χ4n) is 7.21. The molecule has 0 radical (unpaired) electrons. The van der Waals surface area contributed by atoms with Crippen LogP contribution in [0, 0.1) is 11.8 Å². The van der Waals surface area contributed by atoms with E-state index >= 15 is 0 Å². The second-order valence-corrected chi connectivity index (χ2v) is 21.7. The number of aliphatic hydroxyl groups excluding tert-OH is 1. The molecule has 0 atom stereocenters. The Morgan fingerprint density at radius 2 is 0.792 bits per heavy atom. The van der Waals surface area contributed by atoms with E-state index in [1.165, 1.54) is 22.3 Å². The highest BCUT2D eigenvalue weighted by atomic mass is 28.4. The third-order valence-electron chi connectivity index (χ3n) is 11.3. The summed E-state index contributed by atoms with van der Waals surface area (Å²) in [5.74, 6) is 0.860. The first kappa shape index (κ1) is 41.0. The second kappa shape index (κ2) is 20.5. The van der Waals surface area contributed by atoms with Gasteiger partial charge < -0.3 is 9.53 Å². The molecule has 6 rings (SSSR count). The van der Waals surface area contributed by atoms with Gasteiger partial charge in [0, 0.05) is 104 Å². The van der Waals surface area contributed by atoms with E-state index in [4.69, 9.17) is 4.43 Å². The van der Waals surface area contributed by atoms with Gasteiger partial charge in [0.2, 0.25) is 0 Å². The molecular weight excluding hydrogens is 669 g/mol. The number of benzene rings is 4. The van der Waals surface area contributed by atoms with Gasteiger partial charge in [-0.1, -0.05) is 142 Å². The fraction of sp³-hybridized carbons (Fsp3) is 0.478. The monoisotopic (exact) mass is 734 g/mol. The molecule has 0 saturated carbocycles. The maximum Gasteiger partial charge on any atom is 0.191 e. The Bertz CT molecular complexity index is 1470. The summed E-state index contributed by atoms with van der Waals surface area (Å²) in [5, 5.41) is 9.99. The highest BCUT2D eigenvalue weighted by Gasteiger charge is 2.38. The third-order valence-corrected chi connectivity index (χ3v) is 15.8. The first-order chi connectivity index (χ1) is 25.6. The Morgan fingerprint density at radius 3 is 1.06 bits per heavy atom. The normalized spacial score (nSPS) is 17.8. The van der Waals surface area contributed by atoms with Crippen molar-refractivity contribution in [1.82, 2.24) is 19.6 Å². The van der Waals surface area contributed by atoms with Crippen LogP contribution in [-0.4, -0.2) is 98.6 Å². The molecule has 286 valence electrons. The molecule has 0 unspecified atom stereocenters. The summed E-state index contributed by atoms with van der Waals surface area (Å²) in [4.78, 5) is 10.2. The number of rotatable bonds is 12. The summed E-state index contributed by atoms with van der Waals surface area (Å²) in [6.07, 6.45) is 0. The van der Waals surface area contributed by atoms with Gasteiger partial charge in [0.15, 0.2) is 8.32 Å². The predicted molar refractivity (Wildman–Crippen MR) is 224 cm³/mol. The number of hydrogen-bond acceptors (Lipinski definition) is 6. The lowest BCUT2D eigenvalue weighted by molar-refractivity contribution is 0.161. The van der Waals surface area contributed by atoms with E-state index in [0.29, 0.717) is 11.8 Å². The molecule has 2 aliphatic rings. The molecule has 0 amide bonds. The smallest absolute Gasteiger partial charge is 0.191 e. The molecule has 0 bridgehead atoms. The SMILES string of the molecule is CC(C)(C)[Si](C)(C)OCC1CN(Cc2ccccc2)CCN(Cc2ccccc2)C1.OCC1CN(Cc2ccccc2)CCN(Cc2ccccc2)C1. The van der Waals surface area contributed by atoms with Crippen LogP contribution in [0.4, 0.5) is 0 Å². The van der Waals surface area contributed by atoms with Gasteiger partial charge in [0.05, 0.1) is 0 Å². The van der Waals surface area contributed by atoms with Crippen molar-refractivity contribution in [2.45, 2.75) is 65.1 Å². The van der Waals surface area contributed by atoms with Crippen molar-refractivity contribution in [2.75, 3.05) is 65.6 Å². The number of nitrogens with zero attached hydrogens (tertiary/aromatic N) is 4. The van der Waals surface area contributed by atoms with Gasteiger partial charge in [-0.15, -0.1) is 0 Å². The standard InChI is InChI=1S/C26H40N2OSi.C20H26N2O/c1-26(2,3)30(4,5)29-22-25-20-27(18-23-12-8-6-9-13-23)16-17-28(21-25)19-24-14-10-7-11-15-24;23-17-20-15-21(13-18-7-3-1-4-8-18)11-12-22(16-20)14-19-9-5-2-6-10-19/h6-15,25H,16-22H2,1-5H3;1-10,20,23H,11-17H2. The van der Waals surface area contributed by atoms with Crippen LogP contribution in [0.2, 0.25) is 18.1 Å². The van der Waals surface area contributed by atoms with Crippen LogP contribution in [-0.2, 0) is 30.6 Å². The summed E-state index contributed by atoms with van der Waals surface area (Å²) in [6, 6.07) is 43.0. The lowest BCUT2D eigenvalue weighted by Crippen LogP contribution is -2.43. The summed E-state index contributed by atoms with van der Waals surface area (Å²) < 4.78 is 6.67. The zero-order valence-electron chi connectivity index (χ0n) is 33.2. The van der Waals surface area contributed by atoms with Gasteiger partial charge >= 0.3 is 0 Å². The summed E-state index contributed by atoms with van der Waals surface area (Å²) >= 11 is 0. The van der Waals surface area contributed by atoms with Crippen LogP contribution in [0.1, 0.15) is 43.0 Å². The van der Waals surface area contributed by atoms with Gasteiger partial charge in [-0.2, -0.15) is 0 Å². The molecule has 53 heavy (non-hydrogen) atoms. The van der Waals surface area contributed by atoms with Crippen molar-refractivity contribution < 1.29 is 9.53 Å². The molecule has 7 heteroatoms. The maximum absolute atomic E-state index is 9.73. The molecule has 2 saturated heterocycles. The molecule has 2 aliphatic heterocycles. The summed E-state index contributed by atoms with van der Waals surface area (Å²) in [6.45, 7) is 25.3. The van der Waals surface area contributed by atoms with Crippen LogP contribution in [0.3, 0.4) is 0 Å². The van der Waals surface area contributed by atoms with Crippen LogP contribution in [0.5, 0.6) is 0 Å². The average molecular weight is 735 g/mol. The van der Waals surface area contributed by atoms with Gasteiger partial charge in [-0.25, -0.2) is 0 Å². The third kappa shape index (κ3) is 13.9. The minimum Gasteiger partial charge on any atom is -0.416 e. The predicted octanol–water partition coefficient (Wildman–Crippen LogP) is 8.26. The molecule has 4 aromatic carbocycles. The Morgan fingerprint density at radius 1 is 0.509 bits per heavy atom. The molecule has 6 nitrogen and oxygen atoms in total. The van der Waals surface area contributed by atoms with E-state index in [1.54, 1.807) is 0 Å². The Hall–Kier alpha value is -3.14. The molecule has 4 aromatic rings. The Kier molecular flexibility index (Phi) is 15.9. The highest BCUT2D eigenvalue weighted by molar-refractivity contribution is 6.74.